The van der Waals surface area contributed by atoms with Crippen LogP contribution in [0.5, 0.6) is 0 Å². The van der Waals surface area contributed by atoms with Crippen LogP contribution in [0.1, 0.15) is 41.8 Å². The highest BCUT2D eigenvalue weighted by Crippen LogP contribution is 2.18. The van der Waals surface area contributed by atoms with Gasteiger partial charge in [0.05, 0.1) is 31.1 Å². The second kappa shape index (κ2) is 8.95. The third-order valence-corrected chi connectivity index (χ3v) is 4.70. The Morgan fingerprint density at radius 3 is 3.08 bits per heavy atom. The lowest BCUT2D eigenvalue weighted by Gasteiger charge is -2.32. The summed E-state index contributed by atoms with van der Waals surface area (Å²) < 4.78 is 16.7. The molecule has 2 aromatic heterocycles. The van der Waals surface area contributed by atoms with E-state index in [9.17, 15) is 4.79 Å². The number of rotatable bonds is 8. The first-order valence-corrected chi connectivity index (χ1v) is 9.01. The molecule has 3 heterocycles. The molecule has 142 valence electrons. The van der Waals surface area contributed by atoms with Crippen LogP contribution in [0.15, 0.2) is 16.9 Å². The lowest BCUT2D eigenvalue weighted by molar-refractivity contribution is -0.126. The molecule has 3 rings (SSSR count). The number of ether oxygens (including phenoxy) is 2. The summed E-state index contributed by atoms with van der Waals surface area (Å²) in [5.41, 5.74) is 2.91. The van der Waals surface area contributed by atoms with Crippen molar-refractivity contribution in [2.24, 2.45) is 0 Å². The first-order chi connectivity index (χ1) is 12.6. The Morgan fingerprint density at radius 1 is 1.46 bits per heavy atom. The molecular weight excluding hydrogens is 336 g/mol. The third kappa shape index (κ3) is 4.92. The summed E-state index contributed by atoms with van der Waals surface area (Å²) in [5.74, 6) is 0.811. The number of H-pyrrole nitrogens is 1. The summed E-state index contributed by atoms with van der Waals surface area (Å²) in [5, 5.41) is 13.7. The quantitative estimate of drug-likeness (QED) is 0.743. The standard InChI is InChI=1S/C18H26N4O4/c1-12-15(13(2)26-22-12)10-25-17-11-24-7-6-16(17)21-18(23)5-3-4-14-8-19-20-9-14/h8-9,16-17H,3-7,10-11H2,1-2H3,(H,19,20)(H,21,23)/t16-,17-/m1/s1. The fraction of sp³-hybridized carbons (Fsp3) is 0.611. The highest BCUT2D eigenvalue weighted by Gasteiger charge is 2.28. The molecule has 1 aliphatic rings. The van der Waals surface area contributed by atoms with Gasteiger partial charge in [-0.25, -0.2) is 0 Å². The van der Waals surface area contributed by atoms with E-state index < -0.39 is 0 Å². The molecule has 1 amide bonds. The average Bonchev–Trinajstić information content (AvgIpc) is 3.25. The van der Waals surface area contributed by atoms with Crippen LogP contribution in [0.2, 0.25) is 0 Å². The predicted octanol–water partition coefficient (Wildman–Crippen LogP) is 1.83. The van der Waals surface area contributed by atoms with E-state index in [0.29, 0.717) is 26.2 Å². The van der Waals surface area contributed by atoms with Gasteiger partial charge in [0.25, 0.3) is 0 Å². The molecular formula is C18H26N4O4. The van der Waals surface area contributed by atoms with Crippen LogP contribution in [0, 0.1) is 13.8 Å². The minimum atomic E-state index is -0.171. The Morgan fingerprint density at radius 2 is 2.35 bits per heavy atom. The molecule has 0 bridgehead atoms. The highest BCUT2D eigenvalue weighted by molar-refractivity contribution is 5.76. The number of carbonyl (C=O) groups excluding carboxylic acids is 1. The summed E-state index contributed by atoms with van der Waals surface area (Å²) in [7, 11) is 0. The van der Waals surface area contributed by atoms with Gasteiger partial charge in [-0.15, -0.1) is 0 Å². The predicted molar refractivity (Wildman–Crippen MR) is 93.4 cm³/mol. The van der Waals surface area contributed by atoms with Crippen molar-refractivity contribution in [2.45, 2.75) is 58.3 Å². The van der Waals surface area contributed by atoms with Crippen molar-refractivity contribution in [1.29, 1.82) is 0 Å². The van der Waals surface area contributed by atoms with Crippen LogP contribution < -0.4 is 5.32 Å². The van der Waals surface area contributed by atoms with Crippen LogP contribution in [0.3, 0.4) is 0 Å². The summed E-state index contributed by atoms with van der Waals surface area (Å²) in [6.45, 7) is 5.28. The van der Waals surface area contributed by atoms with Crippen LogP contribution in [-0.2, 0) is 27.3 Å². The number of nitrogens with one attached hydrogen (secondary N) is 2. The molecule has 2 N–H and O–H groups in total. The van der Waals surface area contributed by atoms with Crippen molar-refractivity contribution in [3.63, 3.8) is 0 Å². The topological polar surface area (TPSA) is 102 Å². The van der Waals surface area contributed by atoms with Crippen molar-refractivity contribution in [3.8, 4) is 0 Å². The summed E-state index contributed by atoms with van der Waals surface area (Å²) in [6, 6.07) is -0.0364. The van der Waals surface area contributed by atoms with Gasteiger partial charge >= 0.3 is 0 Å². The van der Waals surface area contributed by atoms with Crippen molar-refractivity contribution >= 4 is 5.91 Å². The SMILES string of the molecule is Cc1noc(C)c1CO[C@@H]1COCC[C@H]1NC(=O)CCCc1cn[nH]c1. The van der Waals surface area contributed by atoms with Gasteiger partial charge in [0.1, 0.15) is 11.9 Å². The van der Waals surface area contributed by atoms with E-state index >= 15 is 0 Å². The zero-order valence-corrected chi connectivity index (χ0v) is 15.3. The molecule has 8 nitrogen and oxygen atoms in total. The van der Waals surface area contributed by atoms with Gasteiger partial charge in [-0.1, -0.05) is 5.16 Å². The van der Waals surface area contributed by atoms with E-state index in [1.165, 1.54) is 0 Å². The molecule has 1 aliphatic heterocycles. The molecule has 1 saturated heterocycles. The largest absolute Gasteiger partial charge is 0.379 e. The maximum absolute atomic E-state index is 12.3. The number of nitrogens with zero attached hydrogens (tertiary/aromatic N) is 2. The van der Waals surface area contributed by atoms with Crippen LogP contribution in [0.4, 0.5) is 0 Å². The van der Waals surface area contributed by atoms with Gasteiger partial charge in [-0.3, -0.25) is 9.89 Å². The van der Waals surface area contributed by atoms with Gasteiger partial charge in [0.2, 0.25) is 5.91 Å². The zero-order valence-electron chi connectivity index (χ0n) is 15.3. The second-order valence-electron chi connectivity index (χ2n) is 6.65. The molecule has 0 unspecified atom stereocenters. The lowest BCUT2D eigenvalue weighted by Crippen LogP contribution is -2.49. The van der Waals surface area contributed by atoms with Gasteiger partial charge in [-0.05, 0) is 38.7 Å². The number of aromatic nitrogens is 3. The fourth-order valence-electron chi connectivity index (χ4n) is 3.09. The molecule has 2 aromatic rings. The van der Waals surface area contributed by atoms with Gasteiger partial charge in [-0.2, -0.15) is 5.10 Å². The van der Waals surface area contributed by atoms with E-state index in [4.69, 9.17) is 14.0 Å². The number of carbonyl (C=O) groups is 1. The minimum Gasteiger partial charge on any atom is -0.379 e. The van der Waals surface area contributed by atoms with Crippen molar-refractivity contribution in [1.82, 2.24) is 20.7 Å². The van der Waals surface area contributed by atoms with E-state index in [0.717, 1.165) is 41.8 Å². The first-order valence-electron chi connectivity index (χ1n) is 9.01. The molecule has 2 atom stereocenters. The van der Waals surface area contributed by atoms with Gasteiger partial charge in [0.15, 0.2) is 0 Å². The Bertz CT molecular complexity index is 679. The zero-order chi connectivity index (χ0) is 18.4. The van der Waals surface area contributed by atoms with Gasteiger partial charge in [0, 0.05) is 24.8 Å². The first kappa shape index (κ1) is 18.6. The molecule has 8 heteroatoms. The minimum absolute atomic E-state index is 0.0364. The van der Waals surface area contributed by atoms with Crippen LogP contribution in [0.25, 0.3) is 0 Å². The van der Waals surface area contributed by atoms with Crippen molar-refractivity contribution in [2.75, 3.05) is 13.2 Å². The molecule has 1 fully saturated rings. The van der Waals surface area contributed by atoms with Crippen LogP contribution >= 0.6 is 0 Å². The molecule has 26 heavy (non-hydrogen) atoms. The summed E-state index contributed by atoms with van der Waals surface area (Å²) >= 11 is 0. The molecule has 0 radical (unpaired) electrons. The van der Waals surface area contributed by atoms with E-state index in [2.05, 4.69) is 20.7 Å². The Labute approximate surface area is 152 Å². The summed E-state index contributed by atoms with van der Waals surface area (Å²) in [6.07, 6.45) is 6.33. The Kier molecular flexibility index (Phi) is 6.40. The van der Waals surface area contributed by atoms with E-state index in [1.54, 1.807) is 6.20 Å². The Balaban J connectivity index is 1.46. The van der Waals surface area contributed by atoms with Crippen LogP contribution in [-0.4, -0.2) is 46.6 Å². The number of hydrogen-bond acceptors (Lipinski definition) is 6. The fourth-order valence-corrected chi connectivity index (χ4v) is 3.09. The molecule has 0 saturated carbocycles. The number of aryl methyl sites for hydroxylation is 3. The molecule has 0 aliphatic carbocycles. The molecule has 0 spiro atoms. The highest BCUT2D eigenvalue weighted by atomic mass is 16.5. The molecule has 0 aromatic carbocycles. The van der Waals surface area contributed by atoms with E-state index in [-0.39, 0.29) is 18.1 Å². The van der Waals surface area contributed by atoms with Gasteiger partial charge < -0.3 is 19.3 Å². The maximum atomic E-state index is 12.3. The smallest absolute Gasteiger partial charge is 0.220 e. The van der Waals surface area contributed by atoms with E-state index in [1.807, 2.05) is 20.0 Å². The maximum Gasteiger partial charge on any atom is 0.220 e. The van der Waals surface area contributed by atoms with Crippen molar-refractivity contribution in [3.05, 3.63) is 35.0 Å². The lowest BCUT2D eigenvalue weighted by atomic mass is 10.0. The second-order valence-corrected chi connectivity index (χ2v) is 6.65. The average molecular weight is 362 g/mol. The number of hydrogen-bond donors (Lipinski definition) is 2. The normalized spacial score (nSPS) is 20.2. The monoisotopic (exact) mass is 362 g/mol. The number of aromatic amines is 1. The van der Waals surface area contributed by atoms with Crippen molar-refractivity contribution < 1.29 is 18.8 Å². The third-order valence-electron chi connectivity index (χ3n) is 4.70. The number of amides is 1. The summed E-state index contributed by atoms with van der Waals surface area (Å²) in [4.78, 5) is 12.3. The Hall–Kier alpha value is -2.19.